The number of H-pyrrole nitrogens is 1. The minimum absolute atomic E-state index is 0.00629. The van der Waals surface area contributed by atoms with Crippen molar-refractivity contribution in [3.63, 3.8) is 0 Å². The molecule has 1 aromatic carbocycles. The van der Waals surface area contributed by atoms with Crippen LogP contribution in [0.5, 0.6) is 0 Å². The standard InChI is InChI=1S/C14H13N3O2/c18-11-8-4-7-10-12(11)13(17-16-10)14(19)15-9-5-2-1-3-6-9/h1-3,5-6H,4,7-8H2,(H,15,19)(H,16,17). The largest absolute Gasteiger partial charge is 0.321 e. The second-order valence-electron chi connectivity index (χ2n) is 4.52. The van der Waals surface area contributed by atoms with E-state index in [2.05, 4.69) is 15.5 Å². The molecule has 1 aliphatic rings. The van der Waals surface area contributed by atoms with Gasteiger partial charge in [0.15, 0.2) is 11.5 Å². The van der Waals surface area contributed by atoms with Gasteiger partial charge in [-0.3, -0.25) is 14.7 Å². The number of hydrogen-bond acceptors (Lipinski definition) is 3. The Morgan fingerprint density at radius 2 is 2.00 bits per heavy atom. The van der Waals surface area contributed by atoms with E-state index in [0.29, 0.717) is 17.7 Å². The van der Waals surface area contributed by atoms with E-state index in [1.54, 1.807) is 12.1 Å². The lowest BCUT2D eigenvalue weighted by Gasteiger charge is -2.10. The minimum Gasteiger partial charge on any atom is -0.321 e. The smallest absolute Gasteiger partial charge is 0.276 e. The molecule has 0 fully saturated rings. The van der Waals surface area contributed by atoms with E-state index in [4.69, 9.17) is 0 Å². The van der Waals surface area contributed by atoms with Crippen molar-refractivity contribution < 1.29 is 9.59 Å². The number of aryl methyl sites for hydroxylation is 1. The van der Waals surface area contributed by atoms with Crippen molar-refractivity contribution in [1.29, 1.82) is 0 Å². The van der Waals surface area contributed by atoms with Crippen LogP contribution in [0, 0.1) is 0 Å². The van der Waals surface area contributed by atoms with Crippen molar-refractivity contribution in [3.8, 4) is 0 Å². The summed E-state index contributed by atoms with van der Waals surface area (Å²) in [6.45, 7) is 0. The van der Waals surface area contributed by atoms with Crippen LogP contribution in [0.4, 0.5) is 5.69 Å². The highest BCUT2D eigenvalue weighted by Gasteiger charge is 2.27. The van der Waals surface area contributed by atoms with Gasteiger partial charge in [-0.1, -0.05) is 18.2 Å². The van der Waals surface area contributed by atoms with Gasteiger partial charge >= 0.3 is 0 Å². The monoisotopic (exact) mass is 255 g/mol. The molecule has 1 amide bonds. The molecule has 0 atom stereocenters. The molecular weight excluding hydrogens is 242 g/mol. The quantitative estimate of drug-likeness (QED) is 0.863. The summed E-state index contributed by atoms with van der Waals surface area (Å²) in [5.74, 6) is -0.354. The average molecular weight is 255 g/mol. The van der Waals surface area contributed by atoms with Crippen molar-refractivity contribution in [1.82, 2.24) is 10.2 Å². The van der Waals surface area contributed by atoms with Gasteiger partial charge in [-0.05, 0) is 25.0 Å². The molecule has 0 saturated carbocycles. The summed E-state index contributed by atoms with van der Waals surface area (Å²) in [6, 6.07) is 9.12. The molecule has 96 valence electrons. The zero-order valence-electron chi connectivity index (χ0n) is 10.3. The molecule has 0 saturated heterocycles. The predicted octanol–water partition coefficient (Wildman–Crippen LogP) is 2.18. The van der Waals surface area contributed by atoms with Gasteiger partial charge in [0.2, 0.25) is 0 Å². The highest BCUT2D eigenvalue weighted by atomic mass is 16.2. The van der Waals surface area contributed by atoms with Gasteiger partial charge in [-0.2, -0.15) is 5.10 Å². The molecule has 5 nitrogen and oxygen atoms in total. The highest BCUT2D eigenvalue weighted by Crippen LogP contribution is 2.22. The number of carbonyl (C=O) groups excluding carboxylic acids is 2. The Morgan fingerprint density at radius 1 is 1.21 bits per heavy atom. The van der Waals surface area contributed by atoms with Crippen LogP contribution < -0.4 is 5.32 Å². The minimum atomic E-state index is -0.348. The van der Waals surface area contributed by atoms with Crippen LogP contribution in [0.1, 0.15) is 39.4 Å². The van der Waals surface area contributed by atoms with E-state index in [-0.39, 0.29) is 17.4 Å². The number of fused-ring (bicyclic) bond motifs is 1. The van der Waals surface area contributed by atoms with Gasteiger partial charge in [-0.15, -0.1) is 0 Å². The van der Waals surface area contributed by atoms with E-state index >= 15 is 0 Å². The zero-order valence-corrected chi connectivity index (χ0v) is 10.3. The van der Waals surface area contributed by atoms with E-state index in [1.165, 1.54) is 0 Å². The maximum atomic E-state index is 12.1. The maximum Gasteiger partial charge on any atom is 0.276 e. The van der Waals surface area contributed by atoms with Crippen molar-refractivity contribution in [2.75, 3.05) is 5.32 Å². The topological polar surface area (TPSA) is 74.8 Å². The molecule has 2 aromatic rings. The number of ketones is 1. The Balaban J connectivity index is 1.89. The van der Waals surface area contributed by atoms with E-state index in [1.807, 2.05) is 18.2 Å². The molecule has 0 unspecified atom stereocenters. The molecule has 19 heavy (non-hydrogen) atoms. The number of Topliss-reactive ketones (excluding diaryl/α,β-unsaturated/α-hetero) is 1. The second-order valence-corrected chi connectivity index (χ2v) is 4.52. The Bertz CT molecular complexity index is 631. The summed E-state index contributed by atoms with van der Waals surface area (Å²) in [5, 5.41) is 9.52. The average Bonchev–Trinajstić information content (AvgIpc) is 2.85. The number of nitrogens with zero attached hydrogens (tertiary/aromatic N) is 1. The van der Waals surface area contributed by atoms with Crippen molar-refractivity contribution in [3.05, 3.63) is 47.3 Å². The molecule has 1 aromatic heterocycles. The van der Waals surface area contributed by atoms with Crippen molar-refractivity contribution in [2.45, 2.75) is 19.3 Å². The molecule has 5 heteroatoms. The van der Waals surface area contributed by atoms with Crippen LogP contribution in [-0.2, 0) is 6.42 Å². The van der Waals surface area contributed by atoms with Gasteiger partial charge < -0.3 is 5.32 Å². The molecule has 0 bridgehead atoms. The first kappa shape index (κ1) is 11.6. The molecular formula is C14H13N3O2. The lowest BCUT2D eigenvalue weighted by atomic mass is 9.94. The number of aromatic nitrogens is 2. The fourth-order valence-electron chi connectivity index (χ4n) is 2.29. The number of nitrogens with one attached hydrogen (secondary N) is 2. The van der Waals surface area contributed by atoms with Gasteiger partial charge in [0.05, 0.1) is 5.56 Å². The number of para-hydroxylation sites is 1. The third-order valence-corrected chi connectivity index (χ3v) is 3.20. The number of anilines is 1. The van der Waals surface area contributed by atoms with Gasteiger partial charge in [0.25, 0.3) is 5.91 Å². The van der Waals surface area contributed by atoms with Crippen LogP contribution in [0.15, 0.2) is 30.3 Å². The van der Waals surface area contributed by atoms with Gasteiger partial charge in [0.1, 0.15) is 0 Å². The number of benzene rings is 1. The molecule has 1 heterocycles. The molecule has 0 spiro atoms. The Hall–Kier alpha value is -2.43. The lowest BCUT2D eigenvalue weighted by molar-refractivity contribution is 0.0955. The molecule has 0 radical (unpaired) electrons. The van der Waals surface area contributed by atoms with E-state index in [9.17, 15) is 9.59 Å². The number of amides is 1. The molecule has 2 N–H and O–H groups in total. The molecule has 1 aliphatic carbocycles. The number of carbonyl (C=O) groups is 2. The first-order chi connectivity index (χ1) is 9.25. The maximum absolute atomic E-state index is 12.1. The summed E-state index contributed by atoms with van der Waals surface area (Å²) in [7, 11) is 0. The summed E-state index contributed by atoms with van der Waals surface area (Å²) in [5.41, 5.74) is 2.12. The predicted molar refractivity (Wildman–Crippen MR) is 70.3 cm³/mol. The Labute approximate surface area is 110 Å². The SMILES string of the molecule is O=C(Nc1ccccc1)c1n[nH]c2c1C(=O)CCC2. The molecule has 0 aliphatic heterocycles. The highest BCUT2D eigenvalue weighted by molar-refractivity contribution is 6.12. The number of rotatable bonds is 2. The fourth-order valence-corrected chi connectivity index (χ4v) is 2.29. The van der Waals surface area contributed by atoms with Gasteiger partial charge in [0, 0.05) is 17.8 Å². The zero-order chi connectivity index (χ0) is 13.2. The summed E-state index contributed by atoms with van der Waals surface area (Å²) >= 11 is 0. The first-order valence-corrected chi connectivity index (χ1v) is 6.22. The second kappa shape index (κ2) is 4.68. The lowest BCUT2D eigenvalue weighted by Crippen LogP contribution is -2.18. The number of hydrogen-bond donors (Lipinski definition) is 2. The van der Waals surface area contributed by atoms with E-state index in [0.717, 1.165) is 18.5 Å². The fraction of sp³-hybridized carbons (Fsp3) is 0.214. The van der Waals surface area contributed by atoms with Crippen LogP contribution in [-0.4, -0.2) is 21.9 Å². The van der Waals surface area contributed by atoms with Gasteiger partial charge in [-0.25, -0.2) is 0 Å². The number of aromatic amines is 1. The third-order valence-electron chi connectivity index (χ3n) is 3.20. The first-order valence-electron chi connectivity index (χ1n) is 6.22. The third kappa shape index (κ3) is 2.14. The van der Waals surface area contributed by atoms with E-state index < -0.39 is 0 Å². The normalized spacial score (nSPS) is 14.0. The summed E-state index contributed by atoms with van der Waals surface area (Å²) in [4.78, 5) is 24.0. The van der Waals surface area contributed by atoms with Crippen LogP contribution in [0.2, 0.25) is 0 Å². The summed E-state index contributed by atoms with van der Waals surface area (Å²) < 4.78 is 0. The Kier molecular flexibility index (Phi) is 2.87. The molecule has 3 rings (SSSR count). The van der Waals surface area contributed by atoms with Crippen LogP contribution in [0.3, 0.4) is 0 Å². The van der Waals surface area contributed by atoms with Crippen LogP contribution in [0.25, 0.3) is 0 Å². The Morgan fingerprint density at radius 3 is 2.79 bits per heavy atom. The van der Waals surface area contributed by atoms with Crippen molar-refractivity contribution in [2.24, 2.45) is 0 Å². The van der Waals surface area contributed by atoms with Crippen LogP contribution >= 0.6 is 0 Å². The van der Waals surface area contributed by atoms with Crippen molar-refractivity contribution >= 4 is 17.4 Å². The summed E-state index contributed by atoms with van der Waals surface area (Å²) in [6.07, 6.45) is 2.07.